The first kappa shape index (κ1) is 31.0. The Morgan fingerprint density at radius 2 is 1.33 bits per heavy atom. The Morgan fingerprint density at radius 3 is 1.88 bits per heavy atom. The van der Waals surface area contributed by atoms with Gasteiger partial charge in [0.2, 0.25) is 0 Å². The highest BCUT2D eigenvalue weighted by Crippen LogP contribution is 2.30. The minimum absolute atomic E-state index is 0.0176. The molecular formula is C34H28F4O5. The number of hydrogen-bond acceptors (Lipinski definition) is 3. The lowest BCUT2D eigenvalue weighted by Crippen LogP contribution is -2.05. The van der Waals surface area contributed by atoms with Crippen molar-refractivity contribution in [3.63, 3.8) is 0 Å². The Balaban J connectivity index is 1.52. The lowest BCUT2D eigenvalue weighted by molar-refractivity contribution is -0.137. The maximum atomic E-state index is 14.2. The fourth-order valence-corrected chi connectivity index (χ4v) is 4.49. The molecule has 0 aromatic heterocycles. The number of aryl methyl sites for hydroxylation is 1. The van der Waals surface area contributed by atoms with Crippen LogP contribution in [0.15, 0.2) is 97.1 Å². The second kappa shape index (κ2) is 13.8. The Bertz CT molecular complexity index is 1580. The number of hydrogen-bond donors (Lipinski definition) is 2. The molecule has 0 saturated carbocycles. The molecule has 0 radical (unpaired) electrons. The first-order valence-electron chi connectivity index (χ1n) is 13.4. The molecule has 0 aliphatic heterocycles. The summed E-state index contributed by atoms with van der Waals surface area (Å²) in [6.45, 7) is -0.0176. The van der Waals surface area contributed by atoms with Crippen molar-refractivity contribution >= 4 is 18.0 Å². The van der Waals surface area contributed by atoms with Gasteiger partial charge in [-0.25, -0.2) is 14.0 Å². The van der Waals surface area contributed by atoms with E-state index in [1.165, 1.54) is 42.5 Å². The normalized spacial score (nSPS) is 12.3. The highest BCUT2D eigenvalue weighted by atomic mass is 19.4. The van der Waals surface area contributed by atoms with E-state index in [1.807, 2.05) is 6.08 Å². The van der Waals surface area contributed by atoms with Crippen molar-refractivity contribution < 1.29 is 42.1 Å². The summed E-state index contributed by atoms with van der Waals surface area (Å²) in [6, 6.07) is 21.8. The van der Waals surface area contributed by atoms with Gasteiger partial charge in [-0.3, -0.25) is 0 Å². The van der Waals surface area contributed by atoms with E-state index in [2.05, 4.69) is 0 Å². The average molecular weight is 593 g/mol. The zero-order chi connectivity index (χ0) is 31.0. The first-order valence-corrected chi connectivity index (χ1v) is 13.4. The smallest absolute Gasteiger partial charge is 0.416 e. The Hall–Kier alpha value is -4.92. The lowest BCUT2D eigenvalue weighted by atomic mass is 9.91. The number of carboxylic acids is 2. The minimum atomic E-state index is -4.44. The van der Waals surface area contributed by atoms with Crippen LogP contribution in [0.4, 0.5) is 17.6 Å². The van der Waals surface area contributed by atoms with E-state index in [0.29, 0.717) is 36.1 Å². The largest absolute Gasteiger partial charge is 0.488 e. The van der Waals surface area contributed by atoms with E-state index < -0.39 is 29.5 Å². The van der Waals surface area contributed by atoms with Gasteiger partial charge in [-0.1, -0.05) is 48.6 Å². The van der Waals surface area contributed by atoms with Crippen LogP contribution >= 0.6 is 0 Å². The summed E-state index contributed by atoms with van der Waals surface area (Å²) in [6.07, 6.45) is 1.04. The van der Waals surface area contributed by atoms with Crippen molar-refractivity contribution in [3.8, 4) is 5.75 Å². The third-order valence-electron chi connectivity index (χ3n) is 6.90. The molecule has 9 heteroatoms. The standard InChI is InChI=1S/C34H28F4O5/c35-30-17-18-31(43-21-25-8-15-29(16-9-25)34(36,37)38)28(20-30)14-7-23(19-24-5-12-27(13-6-24)33(41)42)2-1-22-3-10-26(11-4-22)32(39)40/h3-18,20,23H,1-2,19,21H2,(H,39,40)(H,41,42). The molecule has 2 N–H and O–H groups in total. The molecule has 222 valence electrons. The molecule has 0 heterocycles. The molecule has 0 saturated heterocycles. The Labute approximate surface area is 245 Å². The Morgan fingerprint density at radius 1 is 0.767 bits per heavy atom. The molecule has 5 nitrogen and oxygen atoms in total. The topological polar surface area (TPSA) is 83.8 Å². The summed E-state index contributed by atoms with van der Waals surface area (Å²) in [5.74, 6) is -2.24. The monoisotopic (exact) mass is 592 g/mol. The summed E-state index contributed by atoms with van der Waals surface area (Å²) in [4.78, 5) is 22.4. The van der Waals surface area contributed by atoms with Crippen LogP contribution in [0.5, 0.6) is 5.75 Å². The zero-order valence-electron chi connectivity index (χ0n) is 22.9. The van der Waals surface area contributed by atoms with Gasteiger partial charge in [-0.2, -0.15) is 13.2 Å². The molecule has 43 heavy (non-hydrogen) atoms. The van der Waals surface area contributed by atoms with Crippen molar-refractivity contribution in [3.05, 3.63) is 142 Å². The second-order valence-electron chi connectivity index (χ2n) is 10.0. The summed E-state index contributed by atoms with van der Waals surface area (Å²) >= 11 is 0. The molecule has 0 amide bonds. The molecule has 4 aromatic rings. The molecular weight excluding hydrogens is 564 g/mol. The molecule has 0 aliphatic carbocycles. The SMILES string of the molecule is O=C(O)c1ccc(CCC(C=Cc2cc(F)ccc2OCc2ccc(C(F)(F)F)cc2)Cc2ccc(C(=O)O)cc2)cc1. The lowest BCUT2D eigenvalue weighted by Gasteiger charge is -2.15. The van der Waals surface area contributed by atoms with Crippen LogP contribution in [-0.4, -0.2) is 22.2 Å². The molecule has 4 rings (SSSR count). The number of benzene rings is 4. The first-order chi connectivity index (χ1) is 20.5. The summed E-state index contributed by atoms with van der Waals surface area (Å²) in [5.41, 5.74) is 2.41. The predicted octanol–water partition coefficient (Wildman–Crippen LogP) is 8.32. The van der Waals surface area contributed by atoms with Crippen LogP contribution in [0.1, 0.15) is 55.0 Å². The number of aromatic carboxylic acids is 2. The third-order valence-corrected chi connectivity index (χ3v) is 6.90. The molecule has 1 unspecified atom stereocenters. The van der Waals surface area contributed by atoms with E-state index in [4.69, 9.17) is 9.84 Å². The molecule has 1 atom stereocenters. The maximum Gasteiger partial charge on any atom is 0.416 e. The molecule has 0 fully saturated rings. The fourth-order valence-electron chi connectivity index (χ4n) is 4.49. The number of allylic oxidation sites excluding steroid dienone is 1. The number of halogens is 4. The van der Waals surface area contributed by atoms with Gasteiger partial charge in [-0.05, 0) is 96.5 Å². The summed E-state index contributed by atoms with van der Waals surface area (Å²) in [7, 11) is 0. The number of ether oxygens (including phenoxy) is 1. The van der Waals surface area contributed by atoms with E-state index in [0.717, 1.165) is 23.3 Å². The van der Waals surface area contributed by atoms with E-state index in [9.17, 15) is 32.3 Å². The Kier molecular flexibility index (Phi) is 9.98. The number of carboxylic acid groups (broad SMARTS) is 2. The summed E-state index contributed by atoms with van der Waals surface area (Å²) < 4.78 is 58.7. The van der Waals surface area contributed by atoms with Crippen molar-refractivity contribution in [2.45, 2.75) is 32.0 Å². The number of carbonyl (C=O) groups is 2. The van der Waals surface area contributed by atoms with Gasteiger partial charge < -0.3 is 14.9 Å². The molecule has 4 aromatic carbocycles. The minimum Gasteiger partial charge on any atom is -0.488 e. The van der Waals surface area contributed by atoms with Crippen molar-refractivity contribution in [1.29, 1.82) is 0 Å². The van der Waals surface area contributed by atoms with Gasteiger partial charge in [0.1, 0.15) is 18.2 Å². The third kappa shape index (κ3) is 9.03. The van der Waals surface area contributed by atoms with E-state index in [1.54, 1.807) is 42.5 Å². The van der Waals surface area contributed by atoms with Gasteiger partial charge in [0, 0.05) is 5.56 Å². The van der Waals surface area contributed by atoms with Gasteiger partial charge in [-0.15, -0.1) is 0 Å². The van der Waals surface area contributed by atoms with Crippen molar-refractivity contribution in [2.24, 2.45) is 5.92 Å². The van der Waals surface area contributed by atoms with Crippen LogP contribution in [-0.2, 0) is 25.6 Å². The molecule has 0 spiro atoms. The van der Waals surface area contributed by atoms with E-state index in [-0.39, 0.29) is 23.7 Å². The molecule has 0 bridgehead atoms. The quantitative estimate of drug-likeness (QED) is 0.162. The fraction of sp³-hybridized carbons (Fsp3) is 0.176. The van der Waals surface area contributed by atoms with Crippen molar-refractivity contribution in [2.75, 3.05) is 0 Å². The van der Waals surface area contributed by atoms with Crippen LogP contribution in [0.2, 0.25) is 0 Å². The van der Waals surface area contributed by atoms with Crippen molar-refractivity contribution in [1.82, 2.24) is 0 Å². The van der Waals surface area contributed by atoms with E-state index >= 15 is 0 Å². The zero-order valence-corrected chi connectivity index (χ0v) is 22.9. The van der Waals surface area contributed by atoms with Gasteiger partial charge in [0.05, 0.1) is 16.7 Å². The predicted molar refractivity (Wildman–Crippen MR) is 154 cm³/mol. The molecule has 0 aliphatic rings. The highest BCUT2D eigenvalue weighted by Gasteiger charge is 2.29. The average Bonchev–Trinajstić information content (AvgIpc) is 2.98. The van der Waals surface area contributed by atoms with Crippen LogP contribution in [0, 0.1) is 11.7 Å². The van der Waals surface area contributed by atoms with Gasteiger partial charge in [0.25, 0.3) is 0 Å². The summed E-state index contributed by atoms with van der Waals surface area (Å²) in [5, 5.41) is 18.4. The second-order valence-corrected chi connectivity index (χ2v) is 10.0. The number of alkyl halides is 3. The highest BCUT2D eigenvalue weighted by molar-refractivity contribution is 5.88. The van der Waals surface area contributed by atoms with Crippen LogP contribution in [0.25, 0.3) is 6.08 Å². The van der Waals surface area contributed by atoms with Crippen LogP contribution < -0.4 is 4.74 Å². The van der Waals surface area contributed by atoms with Crippen LogP contribution in [0.3, 0.4) is 0 Å². The van der Waals surface area contributed by atoms with Gasteiger partial charge in [0.15, 0.2) is 0 Å². The van der Waals surface area contributed by atoms with Gasteiger partial charge >= 0.3 is 18.1 Å². The number of rotatable bonds is 12. The maximum absolute atomic E-state index is 14.2.